The number of amides is 2. The van der Waals surface area contributed by atoms with Crippen molar-refractivity contribution in [3.8, 4) is 10.6 Å². The molecule has 0 bridgehead atoms. The van der Waals surface area contributed by atoms with E-state index in [4.69, 9.17) is 9.57 Å². The first-order valence-corrected chi connectivity index (χ1v) is 8.62. The molecule has 0 aliphatic rings. The average molecular weight is 399 g/mol. The van der Waals surface area contributed by atoms with Crippen molar-refractivity contribution in [2.75, 3.05) is 19.5 Å². The minimum absolute atomic E-state index is 0.0178. The van der Waals surface area contributed by atoms with Gasteiger partial charge in [-0.3, -0.25) is 14.9 Å². The molecule has 0 radical (unpaired) electrons. The zero-order valence-electron chi connectivity index (χ0n) is 15.4. The van der Waals surface area contributed by atoms with Crippen molar-refractivity contribution >= 4 is 28.3 Å². The number of benzene rings is 1. The van der Waals surface area contributed by atoms with Gasteiger partial charge in [-0.1, -0.05) is 17.4 Å². The third-order valence-electron chi connectivity index (χ3n) is 3.18. The predicted octanol–water partition coefficient (Wildman–Crippen LogP) is 4.07. The van der Waals surface area contributed by atoms with Gasteiger partial charge in [0.05, 0.1) is 12.7 Å². The number of anilines is 1. The Hall–Kier alpha value is -2.59. The molecule has 0 aliphatic carbocycles. The minimum atomic E-state index is -0.841. The zero-order valence-corrected chi connectivity index (χ0v) is 16.2. The number of hydrogen-bond acceptors (Lipinski definition) is 6. The Morgan fingerprint density at radius 1 is 1.22 bits per heavy atom. The van der Waals surface area contributed by atoms with E-state index >= 15 is 0 Å². The molecule has 2 amide bonds. The Labute approximate surface area is 158 Å². The Balaban J connectivity index is 2.49. The van der Waals surface area contributed by atoms with Gasteiger partial charge in [0.15, 0.2) is 5.69 Å². The summed E-state index contributed by atoms with van der Waals surface area (Å²) >= 11 is 0.745. The van der Waals surface area contributed by atoms with Gasteiger partial charge in [-0.25, -0.2) is 23.6 Å². The normalized spacial score (nSPS) is 11.2. The van der Waals surface area contributed by atoms with Crippen LogP contribution >= 0.6 is 11.3 Å². The molecule has 7 nitrogen and oxygen atoms in total. The average Bonchev–Trinajstić information content (AvgIpc) is 2.94. The van der Waals surface area contributed by atoms with Crippen LogP contribution in [0, 0.1) is 11.6 Å². The lowest BCUT2D eigenvalue weighted by Crippen LogP contribution is -2.29. The number of carbonyl (C=O) groups excluding carboxylic acids is 2. The van der Waals surface area contributed by atoms with E-state index in [1.807, 2.05) is 0 Å². The van der Waals surface area contributed by atoms with Gasteiger partial charge in [-0.2, -0.15) is 0 Å². The summed E-state index contributed by atoms with van der Waals surface area (Å²) in [6, 6.07) is 3.36. The lowest BCUT2D eigenvalue weighted by molar-refractivity contribution is -0.0759. The van der Waals surface area contributed by atoms with Gasteiger partial charge in [0, 0.05) is 7.05 Å². The zero-order chi connectivity index (χ0) is 20.4. The van der Waals surface area contributed by atoms with Gasteiger partial charge in [-0.05, 0) is 32.9 Å². The first kappa shape index (κ1) is 20.7. The third kappa shape index (κ3) is 4.98. The first-order chi connectivity index (χ1) is 12.5. The lowest BCUT2D eigenvalue weighted by atomic mass is 10.2. The summed E-state index contributed by atoms with van der Waals surface area (Å²) in [6.07, 6.45) is -0.833. The summed E-state index contributed by atoms with van der Waals surface area (Å²) in [5.41, 5.74) is -1.40. The Morgan fingerprint density at radius 3 is 2.33 bits per heavy atom. The second kappa shape index (κ2) is 7.97. The summed E-state index contributed by atoms with van der Waals surface area (Å²) in [4.78, 5) is 33.3. The third-order valence-corrected chi connectivity index (χ3v) is 4.17. The van der Waals surface area contributed by atoms with E-state index in [0.717, 1.165) is 28.5 Å². The van der Waals surface area contributed by atoms with Gasteiger partial charge in [0.25, 0.3) is 5.91 Å². The summed E-state index contributed by atoms with van der Waals surface area (Å²) < 4.78 is 33.3. The Morgan fingerprint density at radius 2 is 1.81 bits per heavy atom. The van der Waals surface area contributed by atoms with E-state index in [2.05, 4.69) is 10.3 Å². The van der Waals surface area contributed by atoms with Gasteiger partial charge in [0.1, 0.15) is 27.2 Å². The monoisotopic (exact) mass is 399 g/mol. The molecule has 146 valence electrons. The van der Waals surface area contributed by atoms with E-state index in [0.29, 0.717) is 0 Å². The molecule has 1 aromatic carbocycles. The largest absolute Gasteiger partial charge is 0.444 e. The number of carbonyl (C=O) groups is 2. The number of aromatic nitrogens is 1. The highest BCUT2D eigenvalue weighted by atomic mass is 32.1. The smallest absolute Gasteiger partial charge is 0.412 e. The van der Waals surface area contributed by atoms with E-state index in [1.54, 1.807) is 20.8 Å². The van der Waals surface area contributed by atoms with Crippen LogP contribution < -0.4 is 5.32 Å². The van der Waals surface area contributed by atoms with Gasteiger partial charge in [-0.15, -0.1) is 0 Å². The van der Waals surface area contributed by atoms with Crippen LogP contribution in [0.2, 0.25) is 0 Å². The van der Waals surface area contributed by atoms with Gasteiger partial charge in [0.2, 0.25) is 0 Å². The second-order valence-corrected chi connectivity index (χ2v) is 7.40. The molecule has 0 saturated heterocycles. The summed E-state index contributed by atoms with van der Waals surface area (Å²) in [7, 11) is 2.60. The topological polar surface area (TPSA) is 80.8 Å². The molecule has 0 atom stereocenters. The van der Waals surface area contributed by atoms with Crippen LogP contribution in [0.1, 0.15) is 31.3 Å². The van der Waals surface area contributed by atoms with Crippen molar-refractivity contribution in [2.45, 2.75) is 26.4 Å². The van der Waals surface area contributed by atoms with Crippen molar-refractivity contribution in [1.82, 2.24) is 10.0 Å². The van der Waals surface area contributed by atoms with Gasteiger partial charge >= 0.3 is 6.09 Å². The number of nitrogens with one attached hydrogen (secondary N) is 1. The van der Waals surface area contributed by atoms with E-state index in [9.17, 15) is 18.4 Å². The molecule has 0 unspecified atom stereocenters. The number of rotatable bonds is 4. The Bertz CT molecular complexity index is 844. The molecule has 2 aromatic rings. The molecule has 0 spiro atoms. The van der Waals surface area contributed by atoms with Crippen LogP contribution in [0.3, 0.4) is 0 Å². The number of hydrogen-bond donors (Lipinski definition) is 1. The fourth-order valence-electron chi connectivity index (χ4n) is 1.99. The highest BCUT2D eigenvalue weighted by molar-refractivity contribution is 7.19. The lowest BCUT2D eigenvalue weighted by Gasteiger charge is -2.19. The second-order valence-electron chi connectivity index (χ2n) is 6.41. The SMILES string of the molecule is CON(C)C(=O)c1nc(-c2c(F)cccc2F)sc1NC(=O)OC(C)(C)C. The van der Waals surface area contributed by atoms with E-state index in [1.165, 1.54) is 20.2 Å². The van der Waals surface area contributed by atoms with Crippen molar-refractivity contribution in [3.63, 3.8) is 0 Å². The molecule has 1 heterocycles. The predicted molar refractivity (Wildman–Crippen MR) is 96.4 cm³/mol. The number of ether oxygens (including phenoxy) is 1. The maximum Gasteiger partial charge on any atom is 0.412 e. The van der Waals surface area contributed by atoms with Crippen molar-refractivity contribution in [1.29, 1.82) is 0 Å². The standard InChI is InChI=1S/C17H19F2N3O4S/c1-17(2,3)26-16(24)21-14-12(15(23)22(4)25-5)20-13(27-14)11-9(18)7-6-8-10(11)19/h6-8H,1-5H3,(H,21,24). The molecule has 0 aliphatic heterocycles. The number of thiazole rings is 1. The van der Waals surface area contributed by atoms with Crippen molar-refractivity contribution < 1.29 is 27.9 Å². The van der Waals surface area contributed by atoms with Crippen LogP contribution in [0.25, 0.3) is 10.6 Å². The van der Waals surface area contributed by atoms with Crippen molar-refractivity contribution in [2.24, 2.45) is 0 Å². The fourth-order valence-corrected chi connectivity index (χ4v) is 2.98. The molecule has 1 N–H and O–H groups in total. The molecule has 1 aromatic heterocycles. The summed E-state index contributed by atoms with van der Waals surface area (Å²) in [5.74, 6) is -2.39. The molecule has 27 heavy (non-hydrogen) atoms. The molecular weight excluding hydrogens is 380 g/mol. The highest BCUT2D eigenvalue weighted by Crippen LogP contribution is 2.35. The Kier molecular flexibility index (Phi) is 6.11. The summed E-state index contributed by atoms with van der Waals surface area (Å²) in [5, 5.41) is 3.15. The summed E-state index contributed by atoms with van der Waals surface area (Å²) in [6.45, 7) is 5.01. The maximum atomic E-state index is 14.1. The van der Waals surface area contributed by atoms with Crippen molar-refractivity contribution in [3.05, 3.63) is 35.5 Å². The first-order valence-electron chi connectivity index (χ1n) is 7.81. The number of hydroxylamine groups is 2. The van der Waals surface area contributed by atoms with Crippen LogP contribution in [0.15, 0.2) is 18.2 Å². The van der Waals surface area contributed by atoms with Crippen LogP contribution in [-0.4, -0.2) is 41.8 Å². The maximum absolute atomic E-state index is 14.1. The molecule has 0 fully saturated rings. The molecule has 2 rings (SSSR count). The molecule has 0 saturated carbocycles. The molecular formula is C17H19F2N3O4S. The van der Waals surface area contributed by atoms with Crippen LogP contribution in [-0.2, 0) is 9.57 Å². The number of nitrogens with zero attached hydrogens (tertiary/aromatic N) is 2. The number of halogens is 2. The van der Waals surface area contributed by atoms with E-state index in [-0.39, 0.29) is 15.7 Å². The van der Waals surface area contributed by atoms with Gasteiger partial charge < -0.3 is 4.74 Å². The van der Waals surface area contributed by atoms with Crippen LogP contribution in [0.5, 0.6) is 0 Å². The molecule has 10 heteroatoms. The van der Waals surface area contributed by atoms with Crippen LogP contribution in [0.4, 0.5) is 18.6 Å². The fraction of sp³-hybridized carbons (Fsp3) is 0.353. The van der Waals surface area contributed by atoms with E-state index < -0.39 is 34.8 Å². The highest BCUT2D eigenvalue weighted by Gasteiger charge is 2.27. The minimum Gasteiger partial charge on any atom is -0.444 e. The quantitative estimate of drug-likeness (QED) is 0.784.